The van der Waals surface area contributed by atoms with E-state index in [1.165, 1.54) is 12.1 Å². The summed E-state index contributed by atoms with van der Waals surface area (Å²) in [4.78, 5) is 57.6. The van der Waals surface area contributed by atoms with Crippen LogP contribution in [-0.4, -0.2) is 71.2 Å². The molecule has 1 fully saturated rings. The van der Waals surface area contributed by atoms with Gasteiger partial charge in [0.2, 0.25) is 12.4 Å². The Morgan fingerprint density at radius 2 is 1.51 bits per heavy atom. The van der Waals surface area contributed by atoms with Crippen LogP contribution in [0.1, 0.15) is 33.3 Å². The van der Waals surface area contributed by atoms with Crippen molar-refractivity contribution in [1.29, 1.82) is 0 Å². The van der Waals surface area contributed by atoms with E-state index in [0.29, 0.717) is 0 Å². The van der Waals surface area contributed by atoms with Gasteiger partial charge in [0.1, 0.15) is 12.7 Å². The average Bonchev–Trinajstić information content (AvgIpc) is 2.75. The molecule has 0 amide bonds. The zero-order valence-electron chi connectivity index (χ0n) is 19.3. The third kappa shape index (κ3) is 7.61. The molecule has 0 aromatic heterocycles. The lowest BCUT2D eigenvalue weighted by Gasteiger charge is -2.43. The molecule has 5 atom stereocenters. The normalized spacial score (nSPS) is 23.5. The SMILES string of the molecule is CC(=O)OC[C@H]1O[C@H](Oc2ccc(CO)cc2[N+](=O)[O-])[C@H](OC(C)=O)[C@@H](OC(C)=O)[C@H]1OC(C)=O. The highest BCUT2D eigenvalue weighted by Crippen LogP contribution is 2.34. The smallest absolute Gasteiger partial charge is 0.311 e. The number of hydrogen-bond donors (Lipinski definition) is 1. The first-order valence-corrected chi connectivity index (χ1v) is 10.3. The minimum absolute atomic E-state index is 0.227. The summed E-state index contributed by atoms with van der Waals surface area (Å²) in [6.07, 6.45) is -7.34. The number of nitro groups is 1. The van der Waals surface area contributed by atoms with Gasteiger partial charge in [-0.15, -0.1) is 0 Å². The summed E-state index contributed by atoms with van der Waals surface area (Å²) in [5.41, 5.74) is -0.310. The number of aliphatic hydroxyl groups is 1. The fraction of sp³-hybridized carbons (Fsp3) is 0.524. The molecule has 0 radical (unpaired) electrons. The quantitative estimate of drug-likeness (QED) is 0.215. The maximum atomic E-state index is 11.8. The Bertz CT molecular complexity index is 978. The Labute approximate surface area is 199 Å². The number of carbonyl (C=O) groups excluding carboxylic acids is 4. The van der Waals surface area contributed by atoms with Crippen molar-refractivity contribution < 1.29 is 57.6 Å². The zero-order valence-corrected chi connectivity index (χ0v) is 19.3. The number of aliphatic hydroxyl groups excluding tert-OH is 1. The second-order valence-corrected chi connectivity index (χ2v) is 7.40. The summed E-state index contributed by atoms with van der Waals surface area (Å²) in [5, 5.41) is 20.8. The summed E-state index contributed by atoms with van der Waals surface area (Å²) in [6.45, 7) is 3.34. The predicted octanol–water partition coefficient (Wildman–Crippen LogP) is 0.549. The molecular formula is C21H25NO13. The highest BCUT2D eigenvalue weighted by atomic mass is 16.7. The van der Waals surface area contributed by atoms with Crippen LogP contribution in [0.3, 0.4) is 0 Å². The Kier molecular flexibility index (Phi) is 9.48. The molecular weight excluding hydrogens is 474 g/mol. The Hall–Kier alpha value is -3.78. The van der Waals surface area contributed by atoms with E-state index in [9.17, 15) is 34.4 Å². The number of esters is 4. The van der Waals surface area contributed by atoms with E-state index in [1.54, 1.807) is 0 Å². The van der Waals surface area contributed by atoms with E-state index < -0.39 is 78.4 Å². The molecule has 1 heterocycles. The first kappa shape index (κ1) is 27.5. The third-order valence-corrected chi connectivity index (χ3v) is 4.59. The van der Waals surface area contributed by atoms with Gasteiger partial charge in [-0.05, 0) is 11.6 Å². The molecule has 1 saturated heterocycles. The lowest BCUT2D eigenvalue weighted by atomic mass is 9.98. The number of rotatable bonds is 9. The van der Waals surface area contributed by atoms with Crippen molar-refractivity contribution in [2.24, 2.45) is 0 Å². The van der Waals surface area contributed by atoms with E-state index >= 15 is 0 Å². The molecule has 0 saturated carbocycles. The van der Waals surface area contributed by atoms with Crippen molar-refractivity contribution in [3.8, 4) is 5.75 Å². The first-order valence-electron chi connectivity index (χ1n) is 10.3. The van der Waals surface area contributed by atoms with Gasteiger partial charge < -0.3 is 33.5 Å². The fourth-order valence-corrected chi connectivity index (χ4v) is 3.31. The molecule has 1 aromatic rings. The summed E-state index contributed by atoms with van der Waals surface area (Å²) >= 11 is 0. The number of ether oxygens (including phenoxy) is 6. The highest BCUT2D eigenvalue weighted by molar-refractivity contribution is 5.68. The van der Waals surface area contributed by atoms with Gasteiger partial charge in [-0.2, -0.15) is 0 Å². The monoisotopic (exact) mass is 499 g/mol. The van der Waals surface area contributed by atoms with Gasteiger partial charge in [0.15, 0.2) is 18.0 Å². The van der Waals surface area contributed by atoms with Gasteiger partial charge in [-0.3, -0.25) is 29.3 Å². The molecule has 1 aliphatic rings. The van der Waals surface area contributed by atoms with Gasteiger partial charge in [0, 0.05) is 33.8 Å². The largest absolute Gasteiger partial charge is 0.463 e. The minimum atomic E-state index is -1.63. The van der Waals surface area contributed by atoms with Gasteiger partial charge in [-0.1, -0.05) is 6.07 Å². The second-order valence-electron chi connectivity index (χ2n) is 7.40. The van der Waals surface area contributed by atoms with Gasteiger partial charge >= 0.3 is 29.6 Å². The van der Waals surface area contributed by atoms with Crippen LogP contribution in [0.4, 0.5) is 5.69 Å². The van der Waals surface area contributed by atoms with Crippen molar-refractivity contribution in [2.45, 2.75) is 65.0 Å². The van der Waals surface area contributed by atoms with Crippen molar-refractivity contribution >= 4 is 29.6 Å². The standard InChI is InChI=1S/C21H25NO13/c1-10(24)30-9-17-18(31-11(2)25)19(32-12(3)26)20(33-13(4)27)21(35-17)34-16-6-5-14(8-23)7-15(16)22(28)29/h5-7,17-21,23H,8-9H2,1-4H3/t17-,18+,19+,20-,21+/m1/s1. The Balaban J connectivity index is 2.55. The molecule has 1 aliphatic heterocycles. The van der Waals surface area contributed by atoms with Gasteiger partial charge in [-0.25, -0.2) is 0 Å². The molecule has 1 N–H and O–H groups in total. The maximum absolute atomic E-state index is 11.8. The third-order valence-electron chi connectivity index (χ3n) is 4.59. The Morgan fingerprint density at radius 3 is 2.03 bits per heavy atom. The number of nitro benzene ring substituents is 1. The average molecular weight is 499 g/mol. The zero-order chi connectivity index (χ0) is 26.3. The number of hydrogen-bond acceptors (Lipinski definition) is 13. The summed E-state index contributed by atoms with van der Waals surface area (Å²) in [7, 11) is 0. The summed E-state index contributed by atoms with van der Waals surface area (Å²) < 4.78 is 32.1. The first-order chi connectivity index (χ1) is 16.4. The van der Waals surface area contributed by atoms with Crippen molar-refractivity contribution in [2.75, 3.05) is 6.61 Å². The van der Waals surface area contributed by atoms with Crippen molar-refractivity contribution in [3.63, 3.8) is 0 Å². The van der Waals surface area contributed by atoms with Crippen LogP contribution in [0.15, 0.2) is 18.2 Å². The van der Waals surface area contributed by atoms with E-state index in [0.717, 1.165) is 33.8 Å². The van der Waals surface area contributed by atoms with Crippen LogP contribution in [-0.2, 0) is 49.5 Å². The van der Waals surface area contributed by atoms with Crippen LogP contribution >= 0.6 is 0 Å². The number of carbonyl (C=O) groups is 4. The minimum Gasteiger partial charge on any atom is -0.463 e. The summed E-state index contributed by atoms with van der Waals surface area (Å²) in [5.74, 6) is -3.52. The van der Waals surface area contributed by atoms with Gasteiger partial charge in [0.25, 0.3) is 0 Å². The van der Waals surface area contributed by atoms with Crippen LogP contribution < -0.4 is 4.74 Å². The predicted molar refractivity (Wildman–Crippen MR) is 112 cm³/mol. The Morgan fingerprint density at radius 1 is 0.943 bits per heavy atom. The number of benzene rings is 1. The molecule has 0 unspecified atom stereocenters. The van der Waals surface area contributed by atoms with E-state index in [-0.39, 0.29) is 11.3 Å². The summed E-state index contributed by atoms with van der Waals surface area (Å²) in [6, 6.07) is 3.62. The number of nitrogens with zero attached hydrogens (tertiary/aromatic N) is 1. The van der Waals surface area contributed by atoms with Crippen LogP contribution in [0.5, 0.6) is 5.75 Å². The molecule has 192 valence electrons. The molecule has 0 aliphatic carbocycles. The topological polar surface area (TPSA) is 187 Å². The van der Waals surface area contributed by atoms with Crippen LogP contribution in [0.2, 0.25) is 0 Å². The molecule has 14 heteroatoms. The molecule has 1 aromatic carbocycles. The van der Waals surface area contributed by atoms with Crippen LogP contribution in [0.25, 0.3) is 0 Å². The maximum Gasteiger partial charge on any atom is 0.311 e. The van der Waals surface area contributed by atoms with Crippen molar-refractivity contribution in [1.82, 2.24) is 0 Å². The lowest BCUT2D eigenvalue weighted by molar-refractivity contribution is -0.387. The van der Waals surface area contributed by atoms with Crippen molar-refractivity contribution in [3.05, 3.63) is 33.9 Å². The van der Waals surface area contributed by atoms with E-state index in [1.807, 2.05) is 0 Å². The molecule has 2 rings (SSSR count). The van der Waals surface area contributed by atoms with Gasteiger partial charge in [0.05, 0.1) is 11.5 Å². The fourth-order valence-electron chi connectivity index (χ4n) is 3.31. The van der Waals surface area contributed by atoms with Crippen LogP contribution in [0, 0.1) is 10.1 Å². The van der Waals surface area contributed by atoms with E-state index in [4.69, 9.17) is 28.4 Å². The highest BCUT2D eigenvalue weighted by Gasteiger charge is 2.53. The van der Waals surface area contributed by atoms with E-state index in [2.05, 4.69) is 0 Å². The molecule has 0 spiro atoms. The second kappa shape index (κ2) is 12.1. The molecule has 14 nitrogen and oxygen atoms in total. The molecule has 0 bridgehead atoms. The molecule has 35 heavy (non-hydrogen) atoms. The lowest BCUT2D eigenvalue weighted by Crippen LogP contribution is -2.63.